The zero-order valence-electron chi connectivity index (χ0n) is 15.4. The summed E-state index contributed by atoms with van der Waals surface area (Å²) in [6.45, 7) is 5.58. The fourth-order valence-corrected chi connectivity index (χ4v) is 3.87. The van der Waals surface area contributed by atoms with E-state index in [2.05, 4.69) is 37.1 Å². The Balaban J connectivity index is 1.35. The molecule has 1 unspecified atom stereocenters. The average Bonchev–Trinajstić information content (AvgIpc) is 2.62. The highest BCUT2D eigenvalue weighted by Crippen LogP contribution is 2.31. The van der Waals surface area contributed by atoms with Gasteiger partial charge in [-0.1, -0.05) is 13.3 Å². The van der Waals surface area contributed by atoms with Crippen LogP contribution in [0, 0.1) is 5.92 Å². The molecule has 2 aliphatic heterocycles. The summed E-state index contributed by atoms with van der Waals surface area (Å²) in [5.41, 5.74) is 1.31. The van der Waals surface area contributed by atoms with Gasteiger partial charge in [0, 0.05) is 0 Å². The molecule has 0 aromatic heterocycles. The number of hydrogen-bond acceptors (Lipinski definition) is 3. The number of hydrogen-bond donors (Lipinski definition) is 0. The van der Waals surface area contributed by atoms with Crippen molar-refractivity contribution in [3.8, 4) is 11.5 Å². The minimum Gasteiger partial charge on any atom is -0.494 e. The molecule has 0 aliphatic carbocycles. The van der Waals surface area contributed by atoms with E-state index in [1.165, 1.54) is 44.3 Å². The molecule has 1 saturated heterocycles. The van der Waals surface area contributed by atoms with Crippen molar-refractivity contribution in [2.75, 3.05) is 26.7 Å². The van der Waals surface area contributed by atoms with Gasteiger partial charge in [-0.3, -0.25) is 0 Å². The third kappa shape index (κ3) is 4.89. The number of nitrogens with zero attached hydrogens (tertiary/aromatic N) is 1. The van der Waals surface area contributed by atoms with Gasteiger partial charge in [0.2, 0.25) is 0 Å². The number of aryl methyl sites for hydroxylation is 1. The summed E-state index contributed by atoms with van der Waals surface area (Å²) in [5, 5.41) is 0. The van der Waals surface area contributed by atoms with E-state index in [0.29, 0.717) is 6.10 Å². The molecule has 0 saturated carbocycles. The molecule has 0 amide bonds. The van der Waals surface area contributed by atoms with E-state index < -0.39 is 0 Å². The second kappa shape index (κ2) is 8.75. The molecule has 1 atom stereocenters. The highest BCUT2D eigenvalue weighted by Gasteiger charge is 2.19. The molecule has 1 aromatic carbocycles. The topological polar surface area (TPSA) is 21.7 Å². The minimum absolute atomic E-state index is 0.392. The normalized spacial score (nSPS) is 22.0. The lowest BCUT2D eigenvalue weighted by Crippen LogP contribution is -2.30. The van der Waals surface area contributed by atoms with Gasteiger partial charge in [0.15, 0.2) is 0 Å². The van der Waals surface area contributed by atoms with Crippen LogP contribution in [0.3, 0.4) is 0 Å². The maximum atomic E-state index is 5.99. The predicted molar refractivity (Wildman–Crippen MR) is 99.0 cm³/mol. The molecule has 3 rings (SSSR count). The van der Waals surface area contributed by atoms with E-state index in [1.54, 1.807) is 0 Å². The van der Waals surface area contributed by atoms with Gasteiger partial charge in [-0.05, 0) is 94.8 Å². The fraction of sp³-hybridized carbons (Fsp3) is 0.714. The van der Waals surface area contributed by atoms with Crippen molar-refractivity contribution in [1.82, 2.24) is 4.90 Å². The van der Waals surface area contributed by atoms with Crippen LogP contribution in [-0.2, 0) is 6.42 Å². The van der Waals surface area contributed by atoms with Gasteiger partial charge in [0.25, 0.3) is 0 Å². The monoisotopic (exact) mass is 331 g/mol. The lowest BCUT2D eigenvalue weighted by molar-refractivity contribution is 0.169. The molecule has 2 aliphatic rings. The fourth-order valence-electron chi connectivity index (χ4n) is 3.87. The van der Waals surface area contributed by atoms with Gasteiger partial charge in [-0.2, -0.15) is 0 Å². The molecule has 134 valence electrons. The van der Waals surface area contributed by atoms with E-state index in [4.69, 9.17) is 9.47 Å². The van der Waals surface area contributed by atoms with E-state index in [1.807, 2.05) is 0 Å². The first kappa shape index (κ1) is 17.6. The summed E-state index contributed by atoms with van der Waals surface area (Å²) in [5.74, 6) is 3.00. The number of fused-ring (bicyclic) bond motifs is 1. The molecule has 2 heterocycles. The predicted octanol–water partition coefficient (Wildman–Crippen LogP) is 4.68. The number of ether oxygens (including phenoxy) is 2. The number of unbranched alkanes of at least 4 members (excludes halogenated alkanes) is 1. The SMILES string of the molecule is CCC1CCc2cc(OCCCCC3CCN(C)CC3)ccc2O1. The summed E-state index contributed by atoms with van der Waals surface area (Å²) in [6.07, 6.45) is 10.3. The van der Waals surface area contributed by atoms with Crippen LogP contribution >= 0.6 is 0 Å². The Kier molecular flexibility index (Phi) is 6.42. The van der Waals surface area contributed by atoms with Crippen molar-refractivity contribution in [2.24, 2.45) is 5.92 Å². The zero-order chi connectivity index (χ0) is 16.8. The summed E-state index contributed by atoms with van der Waals surface area (Å²) < 4.78 is 12.0. The van der Waals surface area contributed by atoms with Crippen LogP contribution in [0.25, 0.3) is 0 Å². The van der Waals surface area contributed by atoms with Gasteiger partial charge in [-0.15, -0.1) is 0 Å². The maximum absolute atomic E-state index is 5.99. The maximum Gasteiger partial charge on any atom is 0.123 e. The zero-order valence-corrected chi connectivity index (χ0v) is 15.4. The van der Waals surface area contributed by atoms with Crippen LogP contribution < -0.4 is 9.47 Å². The van der Waals surface area contributed by atoms with Gasteiger partial charge in [-0.25, -0.2) is 0 Å². The molecule has 0 radical (unpaired) electrons. The Morgan fingerprint density at radius 2 is 2.00 bits per heavy atom. The Morgan fingerprint density at radius 1 is 1.17 bits per heavy atom. The van der Waals surface area contributed by atoms with Crippen LogP contribution in [0.2, 0.25) is 0 Å². The summed E-state index contributed by atoms with van der Waals surface area (Å²) in [7, 11) is 2.23. The summed E-state index contributed by atoms with van der Waals surface area (Å²) in [6, 6.07) is 6.33. The number of piperidine rings is 1. The van der Waals surface area contributed by atoms with Crippen LogP contribution in [0.15, 0.2) is 18.2 Å². The first-order chi connectivity index (χ1) is 11.7. The molecule has 24 heavy (non-hydrogen) atoms. The molecule has 0 spiro atoms. The van der Waals surface area contributed by atoms with Gasteiger partial charge in [0.1, 0.15) is 11.5 Å². The van der Waals surface area contributed by atoms with E-state index in [0.717, 1.165) is 49.7 Å². The Hall–Kier alpha value is -1.22. The highest BCUT2D eigenvalue weighted by molar-refractivity contribution is 5.41. The lowest BCUT2D eigenvalue weighted by atomic mass is 9.92. The Labute approximate surface area is 147 Å². The number of rotatable bonds is 7. The standard InChI is InChI=1S/C21H33NO2/c1-3-19-8-7-18-16-20(9-10-21(18)24-19)23-15-5-4-6-17-11-13-22(2)14-12-17/h9-10,16-17,19H,3-8,11-15H2,1-2H3. The molecular formula is C21H33NO2. The summed E-state index contributed by atoms with van der Waals surface area (Å²) >= 11 is 0. The van der Waals surface area contributed by atoms with Crippen LogP contribution in [0.1, 0.15) is 57.4 Å². The average molecular weight is 332 g/mol. The molecular weight excluding hydrogens is 298 g/mol. The largest absolute Gasteiger partial charge is 0.494 e. The van der Waals surface area contributed by atoms with Crippen molar-refractivity contribution >= 4 is 0 Å². The van der Waals surface area contributed by atoms with Crippen molar-refractivity contribution in [2.45, 2.75) is 64.4 Å². The van der Waals surface area contributed by atoms with Crippen molar-refractivity contribution in [3.05, 3.63) is 23.8 Å². The molecule has 0 bridgehead atoms. The second-order valence-corrected chi connectivity index (χ2v) is 7.55. The molecule has 3 nitrogen and oxygen atoms in total. The van der Waals surface area contributed by atoms with E-state index >= 15 is 0 Å². The molecule has 1 fully saturated rings. The quantitative estimate of drug-likeness (QED) is 0.677. The van der Waals surface area contributed by atoms with Gasteiger partial charge in [0.05, 0.1) is 12.7 Å². The van der Waals surface area contributed by atoms with Crippen LogP contribution in [0.5, 0.6) is 11.5 Å². The van der Waals surface area contributed by atoms with Crippen LogP contribution in [-0.4, -0.2) is 37.7 Å². The van der Waals surface area contributed by atoms with Crippen molar-refractivity contribution < 1.29 is 9.47 Å². The smallest absolute Gasteiger partial charge is 0.123 e. The highest BCUT2D eigenvalue weighted by atomic mass is 16.5. The number of benzene rings is 1. The molecule has 0 N–H and O–H groups in total. The molecule has 3 heteroatoms. The summed E-state index contributed by atoms with van der Waals surface area (Å²) in [4.78, 5) is 2.45. The van der Waals surface area contributed by atoms with Crippen molar-refractivity contribution in [3.63, 3.8) is 0 Å². The molecule has 1 aromatic rings. The van der Waals surface area contributed by atoms with E-state index in [-0.39, 0.29) is 0 Å². The van der Waals surface area contributed by atoms with Gasteiger partial charge >= 0.3 is 0 Å². The van der Waals surface area contributed by atoms with Crippen molar-refractivity contribution in [1.29, 1.82) is 0 Å². The second-order valence-electron chi connectivity index (χ2n) is 7.55. The number of likely N-dealkylation sites (tertiary alicyclic amines) is 1. The third-order valence-corrected chi connectivity index (χ3v) is 5.63. The Morgan fingerprint density at radius 3 is 2.79 bits per heavy atom. The lowest BCUT2D eigenvalue weighted by Gasteiger charge is -2.28. The minimum atomic E-state index is 0.392. The van der Waals surface area contributed by atoms with Crippen LogP contribution in [0.4, 0.5) is 0 Å². The van der Waals surface area contributed by atoms with Gasteiger partial charge < -0.3 is 14.4 Å². The van der Waals surface area contributed by atoms with E-state index in [9.17, 15) is 0 Å². The third-order valence-electron chi connectivity index (χ3n) is 5.63. The first-order valence-corrected chi connectivity index (χ1v) is 9.85. The Bertz CT molecular complexity index is 509. The first-order valence-electron chi connectivity index (χ1n) is 9.85.